The quantitative estimate of drug-likeness (QED) is 0.00569. The Hall–Kier alpha value is -8.99. The van der Waals surface area contributed by atoms with E-state index in [2.05, 4.69) is 219 Å². The number of amidine groups is 1. The smallest absolute Gasteiger partial charge is 0.336 e. The Morgan fingerprint density at radius 1 is 0.541 bits per heavy atom. The number of morpholine rings is 1. The van der Waals surface area contributed by atoms with E-state index in [0.717, 1.165) is 134 Å². The Morgan fingerprint density at radius 2 is 0.993 bits per heavy atom. The predicted octanol–water partition coefficient (Wildman–Crippen LogP) is 22.6. The second-order valence-electron chi connectivity index (χ2n) is 39.1. The summed E-state index contributed by atoms with van der Waals surface area (Å²) in [6, 6.07) is 80.5. The van der Waals surface area contributed by atoms with Crippen molar-refractivity contribution in [3.8, 4) is 0 Å². The molecule has 0 bridgehead atoms. The lowest BCUT2D eigenvalue weighted by Crippen LogP contribution is -2.45. The third-order valence-electron chi connectivity index (χ3n) is 25.8. The number of sulfone groups is 1. The molecule has 15 N–H and O–H groups in total. The number of rotatable bonds is 32. The van der Waals surface area contributed by atoms with E-state index in [-0.39, 0.29) is 49.0 Å². The molecule has 3 heterocycles. The number of halogens is 1. The molecule has 14 rings (SSSR count). The summed E-state index contributed by atoms with van der Waals surface area (Å²) in [5.74, 6) is 9.98. The zero-order valence-electron chi connectivity index (χ0n) is 88.8. The van der Waals surface area contributed by atoms with Crippen LogP contribution in [0.1, 0.15) is 235 Å². The molecule has 1 aliphatic carbocycles. The Kier molecular flexibility index (Phi) is 58.3. The molecule has 4 atom stereocenters. The Morgan fingerprint density at radius 3 is 1.49 bits per heavy atom. The fraction of sp³-hybridized carbons (Fsp3) is 0.436. The maximum Gasteiger partial charge on any atom is 0.336 e. The number of ether oxygens (including phenoxy) is 1. The fourth-order valence-electron chi connectivity index (χ4n) is 16.7. The molecule has 1 saturated carbocycles. The molecule has 10 aromatic carbocycles. The number of aryl methyl sites for hydroxylation is 13. The standard InChI is InChI=1S/C29H40ClNOS.C23H31NO.C20H28N4O2S.C20H24N2S2.C19H18O2.2C3H8O2S.4H2O/c1-22(2)33-21-25-7-5-23(6-8-25)3-4-24-9-15-28(16-10-24)31-19-17-29(32,18-20-31)26-11-13-27(30)14-12-26;1-16-6-8-21(9-7-16)10-11-22-12-18(3)23(13-17(22)2)24-14-19(4)25-20(5)15-24;1-15(2)27(25,26)14-18-8-6-16(7-9-18)4-5-17-10-12-19(13-11-17)20(21)24(3)23-22;1-15(2)23-14-17-10-8-16(9-11-17)12-13-19(21)24-20(22)18-6-4-3-5-7-18;1-13-3-5-15(6-4-13)7-8-16-9-11-18-17(14(16)2)10-12-19(20)21-18;2*1-3(2)6(4)5;;;;/h9-16,22-23,25,32H,3-8,17-21H2,1-2H3;6-9,12-13,19-20H,10-11,14-15H2,1-5H3;6-13,15,21,23H,4-5,14,22H2,1-3H3;3-11,15,21-22H,12-14H2,1-2H3;3-6,9-12H,7-8H2,1-2H3;2*3H,1-2H3,(H,4,5);4*1H2/p-2/t;19-,20+;;;;;;;;;. The summed E-state index contributed by atoms with van der Waals surface area (Å²) in [6.45, 7) is 37.9. The number of hydrogen-bond donors (Lipinski definition) is 6. The van der Waals surface area contributed by atoms with Crippen molar-refractivity contribution >= 4 is 117 Å². The SMILES string of the molecule is CC(C)S(=O)(=O)Cc1ccc(CCc2ccc(C(=N)N(C)NN)cc2)cc1.CC(C)S(=O)[O-].CC(C)S(=O)[O-].CC(C)SCC1CCC(CCc2ccc(N3CCC(O)(c4ccc(Cl)cc4)CC3)cc2)CC1.CC(C)SCc1ccc(CCC(=N)SC(=N)c2ccccc2)cc1.Cc1ccc(CCc2cc(C)c(N3C[C@@H](C)O[C@@H](C)C3)cc2C)cc1.Cc1ccc(CCc2ccc3oc(=O)ccc3c2C)cc1.O.O.O.O. The van der Waals surface area contributed by atoms with E-state index in [4.69, 9.17) is 42.8 Å². The molecule has 2 unspecified atom stereocenters. The molecular formula is C117H163ClN8O14S6-2. The van der Waals surface area contributed by atoms with Crippen LogP contribution in [0.5, 0.6) is 0 Å². The van der Waals surface area contributed by atoms with Crippen LogP contribution in [0.2, 0.25) is 5.02 Å². The monoisotopic (exact) mass is 2130 g/mol. The number of nitrogens with zero attached hydrogens (tertiary/aromatic N) is 3. The van der Waals surface area contributed by atoms with Crippen LogP contribution in [0.25, 0.3) is 11.0 Å². The van der Waals surface area contributed by atoms with Crippen LogP contribution in [-0.4, -0.2) is 151 Å². The van der Waals surface area contributed by atoms with Gasteiger partial charge in [-0.25, -0.2) is 13.2 Å². The summed E-state index contributed by atoms with van der Waals surface area (Å²) in [5.41, 5.74) is 26.7. The Balaban J connectivity index is 0.000000369. The molecule has 0 radical (unpaired) electrons. The molecular weight excluding hydrogens is 1970 g/mol. The summed E-state index contributed by atoms with van der Waals surface area (Å²) < 4.78 is 73.9. The Labute approximate surface area is 893 Å². The summed E-state index contributed by atoms with van der Waals surface area (Å²) in [6.07, 6.45) is 17.8. The van der Waals surface area contributed by atoms with Crippen LogP contribution in [0.3, 0.4) is 0 Å². The maximum atomic E-state index is 12.0. The van der Waals surface area contributed by atoms with E-state index in [0.29, 0.717) is 50.4 Å². The first-order valence-corrected chi connectivity index (χ1v) is 57.3. The third kappa shape index (κ3) is 45.4. The molecule has 22 nitrogen and oxygen atoms in total. The van der Waals surface area contributed by atoms with Crippen molar-refractivity contribution < 1.29 is 62.1 Å². The van der Waals surface area contributed by atoms with Crippen LogP contribution in [-0.2, 0) is 105 Å². The molecule has 800 valence electrons. The van der Waals surface area contributed by atoms with E-state index in [1.807, 2.05) is 127 Å². The van der Waals surface area contributed by atoms with Crippen molar-refractivity contribution in [2.24, 2.45) is 17.7 Å². The minimum atomic E-state index is -3.07. The van der Waals surface area contributed by atoms with Crippen LogP contribution < -0.4 is 26.8 Å². The first-order valence-electron chi connectivity index (χ1n) is 50.0. The molecule has 3 fully saturated rings. The van der Waals surface area contributed by atoms with Gasteiger partial charge in [-0.2, -0.15) is 29.1 Å². The highest BCUT2D eigenvalue weighted by Crippen LogP contribution is 2.38. The van der Waals surface area contributed by atoms with E-state index in [1.165, 1.54) is 156 Å². The number of nitrogens with two attached hydrogens (primary N) is 1. The number of nitrogens with one attached hydrogen (secondary N) is 4. The van der Waals surface area contributed by atoms with Gasteiger partial charge in [0.2, 0.25) is 0 Å². The number of piperidine rings is 1. The van der Waals surface area contributed by atoms with Gasteiger partial charge in [-0.1, -0.05) is 313 Å². The van der Waals surface area contributed by atoms with Crippen molar-refractivity contribution in [3.05, 3.63) is 352 Å². The van der Waals surface area contributed by atoms with Gasteiger partial charge < -0.3 is 55.1 Å². The van der Waals surface area contributed by atoms with Gasteiger partial charge in [0.05, 0.1) is 33.9 Å². The summed E-state index contributed by atoms with van der Waals surface area (Å²) in [7, 11) is -1.38. The van der Waals surface area contributed by atoms with E-state index in [9.17, 15) is 35.8 Å². The molecule has 1 aromatic heterocycles. The highest BCUT2D eigenvalue weighted by atomic mass is 35.5. The normalized spacial score (nSPS) is 15.5. The lowest BCUT2D eigenvalue weighted by Gasteiger charge is -2.39. The average molecular weight is 2130 g/mol. The third-order valence-corrected chi connectivity index (χ3v) is 33.1. The van der Waals surface area contributed by atoms with Gasteiger partial charge in [0.15, 0.2) is 9.84 Å². The molecule has 11 aromatic rings. The second kappa shape index (κ2) is 65.9. The number of aliphatic hydroxyl groups is 1. The van der Waals surface area contributed by atoms with Crippen LogP contribution in [0.4, 0.5) is 11.4 Å². The first kappa shape index (κ1) is 129. The fourth-order valence-corrected chi connectivity index (χ4v) is 20.2. The minimum Gasteiger partial charge on any atom is -0.772 e. The van der Waals surface area contributed by atoms with Gasteiger partial charge >= 0.3 is 5.63 Å². The number of benzene rings is 10. The predicted molar refractivity (Wildman–Crippen MR) is 619 cm³/mol. The van der Waals surface area contributed by atoms with Gasteiger partial charge in [0.25, 0.3) is 0 Å². The molecule has 0 amide bonds. The van der Waals surface area contributed by atoms with Gasteiger partial charge in [0, 0.05) is 88.5 Å². The van der Waals surface area contributed by atoms with Crippen LogP contribution >= 0.6 is 46.9 Å². The average Bonchev–Trinajstić information content (AvgIpc) is 0.815. The van der Waals surface area contributed by atoms with Gasteiger partial charge in [0.1, 0.15) is 16.5 Å². The topological polar surface area (TPSA) is 419 Å². The van der Waals surface area contributed by atoms with Gasteiger partial charge in [-0.3, -0.25) is 35.5 Å². The number of fused-ring (bicyclic) bond motifs is 1. The number of hydrazine groups is 2. The van der Waals surface area contributed by atoms with Crippen LogP contribution in [0.15, 0.2) is 246 Å². The molecule has 29 heteroatoms. The zero-order valence-corrected chi connectivity index (χ0v) is 94.5. The number of thioether (sulfide) groups is 3. The van der Waals surface area contributed by atoms with E-state index >= 15 is 0 Å². The second-order valence-corrected chi connectivity index (χ2v) is 49.3. The highest BCUT2D eigenvalue weighted by Gasteiger charge is 2.35. The lowest BCUT2D eigenvalue weighted by molar-refractivity contribution is -0.00526. The first-order chi connectivity index (χ1) is 67.5. The number of hydrogen-bond acceptors (Lipinski definition) is 20. The summed E-state index contributed by atoms with van der Waals surface area (Å²) in [4.78, 5) is 16.1. The van der Waals surface area contributed by atoms with Crippen LogP contribution in [0, 0.1) is 62.7 Å². The summed E-state index contributed by atoms with van der Waals surface area (Å²) in [5, 5.41) is 40.1. The molecule has 146 heavy (non-hydrogen) atoms. The minimum absolute atomic E-state index is 0. The van der Waals surface area contributed by atoms with Crippen molar-refractivity contribution in [1.29, 1.82) is 16.2 Å². The van der Waals surface area contributed by atoms with Crippen molar-refractivity contribution in [3.63, 3.8) is 0 Å². The van der Waals surface area contributed by atoms with Gasteiger partial charge in [-0.15, -0.1) is 0 Å². The number of anilines is 2. The lowest BCUT2D eigenvalue weighted by atomic mass is 9.80. The van der Waals surface area contributed by atoms with Crippen molar-refractivity contribution in [2.75, 3.05) is 48.8 Å². The largest absolute Gasteiger partial charge is 0.772 e. The summed E-state index contributed by atoms with van der Waals surface area (Å²) >= 11 is 7.62. The maximum absolute atomic E-state index is 12.0. The Bertz CT molecular complexity index is 5890. The molecule has 2 saturated heterocycles. The van der Waals surface area contributed by atoms with E-state index in [1.54, 1.807) is 48.6 Å². The highest BCUT2D eigenvalue weighted by molar-refractivity contribution is 8.26. The van der Waals surface area contributed by atoms with Gasteiger partial charge in [-0.05, 0) is 301 Å². The van der Waals surface area contributed by atoms with Crippen molar-refractivity contribution in [2.45, 2.75) is 276 Å². The van der Waals surface area contributed by atoms with E-state index < -0.39 is 37.6 Å². The zero-order chi connectivity index (χ0) is 104. The molecule has 0 spiro atoms. The molecule has 3 aliphatic rings. The van der Waals surface area contributed by atoms with Crippen molar-refractivity contribution in [1.82, 2.24) is 10.5 Å². The molecule has 2 aliphatic heterocycles.